The molecule has 0 spiro atoms. The van der Waals surface area contributed by atoms with E-state index in [0.717, 1.165) is 15.4 Å². The van der Waals surface area contributed by atoms with Gasteiger partial charge >= 0.3 is 11.9 Å². The second-order valence-corrected chi connectivity index (χ2v) is 7.36. The summed E-state index contributed by atoms with van der Waals surface area (Å²) < 4.78 is 12.5. The van der Waals surface area contributed by atoms with Gasteiger partial charge in [-0.3, -0.25) is 0 Å². The number of hydrogen-bond acceptors (Lipinski definition) is 4. The first kappa shape index (κ1) is 19.1. The first-order valence-electron chi connectivity index (χ1n) is 7.06. The monoisotopic (exact) mass is 518 g/mol. The van der Waals surface area contributed by atoms with E-state index in [1.807, 2.05) is 13.0 Å². The molecule has 2 aromatic carbocycles. The lowest BCUT2D eigenvalue weighted by Gasteiger charge is -2.09. The van der Waals surface area contributed by atoms with Crippen LogP contribution in [0.3, 0.4) is 0 Å². The van der Waals surface area contributed by atoms with Gasteiger partial charge in [-0.05, 0) is 74.7 Å². The molecule has 7 heteroatoms. The maximum absolute atomic E-state index is 12.3. The number of benzene rings is 2. The van der Waals surface area contributed by atoms with Crippen molar-refractivity contribution in [1.82, 2.24) is 0 Å². The highest BCUT2D eigenvalue weighted by Crippen LogP contribution is 2.31. The molecule has 0 N–H and O–H groups in total. The fourth-order valence-corrected chi connectivity index (χ4v) is 3.42. The summed E-state index contributed by atoms with van der Waals surface area (Å²) in [6.07, 6.45) is 0.762. The molecule has 0 bridgehead atoms. The van der Waals surface area contributed by atoms with Gasteiger partial charge in [0, 0.05) is 13.4 Å². The average Bonchev–Trinajstić information content (AvgIpc) is 2.56. The summed E-state index contributed by atoms with van der Waals surface area (Å²) in [6, 6.07) is 9.72. The zero-order chi connectivity index (χ0) is 17.7. The van der Waals surface area contributed by atoms with Gasteiger partial charge in [-0.1, -0.05) is 22.9 Å². The Morgan fingerprint density at radius 3 is 2.29 bits per heavy atom. The van der Waals surface area contributed by atoms with Crippen LogP contribution in [0.4, 0.5) is 0 Å². The molecule has 24 heavy (non-hydrogen) atoms. The lowest BCUT2D eigenvalue weighted by Crippen LogP contribution is -2.10. The van der Waals surface area contributed by atoms with Crippen molar-refractivity contribution < 1.29 is 19.1 Å². The Balaban J connectivity index is 2.11. The first-order valence-corrected chi connectivity index (χ1v) is 9.44. The van der Waals surface area contributed by atoms with Crippen molar-refractivity contribution in [2.45, 2.75) is 13.3 Å². The van der Waals surface area contributed by atoms with E-state index < -0.39 is 11.9 Å². The molecule has 0 fully saturated rings. The molecule has 0 radical (unpaired) electrons. The Labute approximate surface area is 164 Å². The maximum Gasteiger partial charge on any atom is 0.344 e. The summed E-state index contributed by atoms with van der Waals surface area (Å²) >= 11 is 10.1. The molecular formula is C17H13Br3O4. The van der Waals surface area contributed by atoms with Gasteiger partial charge in [0.25, 0.3) is 0 Å². The smallest absolute Gasteiger partial charge is 0.344 e. The summed E-state index contributed by atoms with van der Waals surface area (Å²) in [7, 11) is 0. The van der Waals surface area contributed by atoms with E-state index in [-0.39, 0.29) is 0 Å². The number of ether oxygens (including phenoxy) is 2. The summed E-state index contributed by atoms with van der Waals surface area (Å²) in [6.45, 7) is 2.30. The van der Waals surface area contributed by atoms with Crippen molar-refractivity contribution in [2.75, 3.05) is 6.61 Å². The highest BCUT2D eigenvalue weighted by Gasteiger charge is 2.16. The van der Waals surface area contributed by atoms with Gasteiger partial charge in [0.15, 0.2) is 0 Å². The summed E-state index contributed by atoms with van der Waals surface area (Å²) in [5.41, 5.74) is 0.789. The molecule has 0 heterocycles. The van der Waals surface area contributed by atoms with Gasteiger partial charge < -0.3 is 9.47 Å². The number of hydrogen-bond donors (Lipinski definition) is 0. The van der Waals surface area contributed by atoms with Crippen molar-refractivity contribution in [1.29, 1.82) is 0 Å². The highest BCUT2D eigenvalue weighted by atomic mass is 79.9. The standard InChI is InChI=1S/C17H13Br3O4/c1-2-7-23-16(21)10-3-5-12(6-4-10)24-17(22)13-8-11(18)9-14(19)15(13)20/h3-6,8-9H,2,7H2,1H3. The minimum atomic E-state index is -0.509. The Kier molecular flexibility index (Phi) is 7.01. The third kappa shape index (κ3) is 4.91. The predicted octanol–water partition coefficient (Wildman–Crippen LogP) is 5.76. The van der Waals surface area contributed by atoms with Crippen LogP contribution in [-0.2, 0) is 4.74 Å². The Hall–Kier alpha value is -1.18. The molecule has 0 saturated heterocycles. The van der Waals surface area contributed by atoms with Crippen molar-refractivity contribution in [3.05, 3.63) is 60.9 Å². The van der Waals surface area contributed by atoms with Gasteiger partial charge in [0.1, 0.15) is 5.75 Å². The van der Waals surface area contributed by atoms with Gasteiger partial charge in [-0.2, -0.15) is 0 Å². The lowest BCUT2D eigenvalue weighted by molar-refractivity contribution is 0.0505. The average molecular weight is 521 g/mol. The molecule has 0 aliphatic rings. The first-order chi connectivity index (χ1) is 11.4. The van der Waals surface area contributed by atoms with E-state index in [1.54, 1.807) is 30.3 Å². The molecule has 0 aliphatic carbocycles. The summed E-state index contributed by atoms with van der Waals surface area (Å²) in [4.78, 5) is 24.0. The molecule has 0 saturated carbocycles. The van der Waals surface area contributed by atoms with Crippen molar-refractivity contribution in [2.24, 2.45) is 0 Å². The second kappa shape index (κ2) is 8.78. The SMILES string of the molecule is CCCOC(=O)c1ccc(OC(=O)c2cc(Br)cc(Br)c2Br)cc1. The van der Waals surface area contributed by atoms with E-state index in [1.165, 1.54) is 0 Å². The van der Waals surface area contributed by atoms with Crippen molar-refractivity contribution in [3.8, 4) is 5.75 Å². The molecule has 2 rings (SSSR count). The zero-order valence-corrected chi connectivity index (χ0v) is 17.4. The number of carbonyl (C=O) groups is 2. The van der Waals surface area contributed by atoms with Crippen LogP contribution in [0.1, 0.15) is 34.1 Å². The van der Waals surface area contributed by atoms with Crippen LogP contribution in [0.25, 0.3) is 0 Å². The van der Waals surface area contributed by atoms with Crippen molar-refractivity contribution in [3.63, 3.8) is 0 Å². The molecule has 126 valence electrons. The van der Waals surface area contributed by atoms with Crippen LogP contribution >= 0.6 is 47.8 Å². The second-order valence-electron chi connectivity index (χ2n) is 4.80. The van der Waals surface area contributed by atoms with Crippen LogP contribution in [-0.4, -0.2) is 18.5 Å². The quantitative estimate of drug-likeness (QED) is 0.286. The lowest BCUT2D eigenvalue weighted by atomic mass is 10.2. The third-order valence-electron chi connectivity index (χ3n) is 2.95. The summed E-state index contributed by atoms with van der Waals surface area (Å²) in [5, 5.41) is 0. The number of carbonyl (C=O) groups excluding carboxylic acids is 2. The molecular weight excluding hydrogens is 508 g/mol. The molecule has 0 aliphatic heterocycles. The zero-order valence-electron chi connectivity index (χ0n) is 12.6. The van der Waals surface area contributed by atoms with Crippen LogP contribution in [0.2, 0.25) is 0 Å². The Bertz CT molecular complexity index is 757. The Morgan fingerprint density at radius 2 is 1.67 bits per heavy atom. The molecule has 0 amide bonds. The number of halogens is 3. The third-order valence-corrected chi connectivity index (χ3v) is 5.42. The fourth-order valence-electron chi connectivity index (χ4n) is 1.80. The minimum Gasteiger partial charge on any atom is -0.462 e. The van der Waals surface area contributed by atoms with Crippen LogP contribution in [0, 0.1) is 0 Å². The van der Waals surface area contributed by atoms with Gasteiger partial charge in [-0.15, -0.1) is 0 Å². The number of esters is 2. The number of rotatable bonds is 5. The molecule has 0 atom stereocenters. The van der Waals surface area contributed by atoms with E-state index in [4.69, 9.17) is 9.47 Å². The van der Waals surface area contributed by atoms with E-state index in [9.17, 15) is 9.59 Å². The van der Waals surface area contributed by atoms with Crippen LogP contribution < -0.4 is 4.74 Å². The van der Waals surface area contributed by atoms with E-state index in [0.29, 0.717) is 28.0 Å². The largest absolute Gasteiger partial charge is 0.462 e. The van der Waals surface area contributed by atoms with Crippen LogP contribution in [0.5, 0.6) is 5.75 Å². The minimum absolute atomic E-state index is 0.343. The molecule has 0 unspecified atom stereocenters. The van der Waals surface area contributed by atoms with Crippen LogP contribution in [0.15, 0.2) is 49.8 Å². The van der Waals surface area contributed by atoms with E-state index in [2.05, 4.69) is 47.8 Å². The predicted molar refractivity (Wildman–Crippen MR) is 102 cm³/mol. The van der Waals surface area contributed by atoms with E-state index >= 15 is 0 Å². The summed E-state index contributed by atoms with van der Waals surface area (Å²) in [5.74, 6) is -0.561. The maximum atomic E-state index is 12.3. The topological polar surface area (TPSA) is 52.6 Å². The molecule has 0 aromatic heterocycles. The molecule has 4 nitrogen and oxygen atoms in total. The van der Waals surface area contributed by atoms with Gasteiger partial charge in [-0.25, -0.2) is 9.59 Å². The fraction of sp³-hybridized carbons (Fsp3) is 0.176. The van der Waals surface area contributed by atoms with Gasteiger partial charge in [0.05, 0.1) is 17.7 Å². The van der Waals surface area contributed by atoms with Crippen molar-refractivity contribution >= 4 is 59.7 Å². The molecule has 2 aromatic rings. The highest BCUT2D eigenvalue weighted by molar-refractivity contribution is 9.13. The Morgan fingerprint density at radius 1 is 1.00 bits per heavy atom. The normalized spacial score (nSPS) is 10.3. The van der Waals surface area contributed by atoms with Gasteiger partial charge in [0.2, 0.25) is 0 Å².